The van der Waals surface area contributed by atoms with Gasteiger partial charge in [-0.05, 0) is 60.7 Å². The molecule has 2 aromatic heterocycles. The van der Waals surface area contributed by atoms with Crippen molar-refractivity contribution in [2.24, 2.45) is 0 Å². The first-order chi connectivity index (χ1) is 15.1. The quantitative estimate of drug-likeness (QED) is 0.363. The summed E-state index contributed by atoms with van der Waals surface area (Å²) in [7, 11) is 0. The van der Waals surface area contributed by atoms with Crippen LogP contribution < -0.4 is 5.32 Å². The molecule has 0 saturated heterocycles. The number of aliphatic hydroxyl groups excluding tert-OH is 1. The molecule has 0 radical (unpaired) electrons. The van der Waals surface area contributed by atoms with E-state index >= 15 is 0 Å². The molecule has 5 rings (SSSR count). The normalized spacial score (nSPS) is 11.3. The first-order valence-electron chi connectivity index (χ1n) is 9.87. The van der Waals surface area contributed by atoms with E-state index in [4.69, 9.17) is 11.6 Å². The number of fused-ring (bicyclic) bond motifs is 2. The molecule has 0 unspecified atom stereocenters. The predicted octanol–water partition coefficient (Wildman–Crippen LogP) is 5.08. The van der Waals surface area contributed by atoms with Crippen molar-refractivity contribution in [3.63, 3.8) is 0 Å². The van der Waals surface area contributed by atoms with Gasteiger partial charge in [-0.15, -0.1) is 0 Å². The van der Waals surface area contributed by atoms with Crippen LogP contribution in [-0.4, -0.2) is 32.4 Å². The van der Waals surface area contributed by atoms with Crippen molar-refractivity contribution in [1.29, 1.82) is 0 Å². The number of carbonyl (C=O) groups excluding carboxylic acids is 1. The van der Waals surface area contributed by atoms with Gasteiger partial charge < -0.3 is 15.0 Å². The number of rotatable bonds is 5. The Kier molecular flexibility index (Phi) is 4.94. The van der Waals surface area contributed by atoms with Crippen LogP contribution in [0.2, 0.25) is 5.02 Å². The molecule has 0 saturated carbocycles. The van der Waals surface area contributed by atoms with Crippen LogP contribution in [0.1, 0.15) is 10.4 Å². The molecule has 3 N–H and O–H groups in total. The Balaban J connectivity index is 1.48. The molecule has 3 aromatic carbocycles. The summed E-state index contributed by atoms with van der Waals surface area (Å²) in [6.07, 6.45) is 1.97. The smallest absolute Gasteiger partial charge is 0.255 e. The number of anilines is 1. The Morgan fingerprint density at radius 1 is 1.06 bits per heavy atom. The zero-order valence-corrected chi connectivity index (χ0v) is 17.2. The number of hydrogen-bond acceptors (Lipinski definition) is 3. The molecule has 7 heteroatoms. The zero-order chi connectivity index (χ0) is 21.4. The molecular weight excluding hydrogens is 412 g/mol. The fraction of sp³-hybridized carbons (Fsp3) is 0.0833. The minimum absolute atomic E-state index is 0.0973. The number of aliphatic hydroxyl groups is 1. The maximum atomic E-state index is 12.6. The topological polar surface area (TPSA) is 82.9 Å². The average Bonchev–Trinajstić information content (AvgIpc) is 3.38. The summed E-state index contributed by atoms with van der Waals surface area (Å²) in [6.45, 7) is 0.658. The van der Waals surface area contributed by atoms with Crippen molar-refractivity contribution >= 4 is 45.0 Å². The van der Waals surface area contributed by atoms with Gasteiger partial charge in [-0.25, -0.2) is 0 Å². The van der Waals surface area contributed by atoms with Gasteiger partial charge in [0.1, 0.15) is 0 Å². The third kappa shape index (κ3) is 3.67. The summed E-state index contributed by atoms with van der Waals surface area (Å²) in [5.41, 5.74) is 4.96. The molecule has 154 valence electrons. The lowest BCUT2D eigenvalue weighted by molar-refractivity contribution is 0.102. The third-order valence-corrected chi connectivity index (χ3v) is 5.56. The molecule has 31 heavy (non-hydrogen) atoms. The van der Waals surface area contributed by atoms with Crippen molar-refractivity contribution in [2.75, 3.05) is 11.9 Å². The molecule has 6 nitrogen and oxygen atoms in total. The lowest BCUT2D eigenvalue weighted by Crippen LogP contribution is -2.11. The van der Waals surface area contributed by atoms with Crippen molar-refractivity contribution in [3.8, 4) is 11.3 Å². The minimum atomic E-state index is -0.201. The largest absolute Gasteiger partial charge is 0.395 e. The average molecular weight is 431 g/mol. The molecule has 0 aliphatic rings. The van der Waals surface area contributed by atoms with Gasteiger partial charge in [-0.3, -0.25) is 9.89 Å². The first kappa shape index (κ1) is 19.4. The molecule has 1 amide bonds. The van der Waals surface area contributed by atoms with E-state index in [2.05, 4.69) is 21.6 Å². The van der Waals surface area contributed by atoms with Crippen molar-refractivity contribution in [2.45, 2.75) is 6.54 Å². The van der Waals surface area contributed by atoms with E-state index in [0.29, 0.717) is 22.8 Å². The van der Waals surface area contributed by atoms with Crippen LogP contribution in [0.15, 0.2) is 72.9 Å². The second kappa shape index (κ2) is 7.91. The van der Waals surface area contributed by atoms with E-state index in [9.17, 15) is 9.90 Å². The van der Waals surface area contributed by atoms with E-state index in [-0.39, 0.29) is 12.5 Å². The van der Waals surface area contributed by atoms with Crippen LogP contribution in [0, 0.1) is 0 Å². The molecule has 0 aliphatic carbocycles. The van der Waals surface area contributed by atoms with Crippen LogP contribution in [0.5, 0.6) is 0 Å². The lowest BCUT2D eigenvalue weighted by atomic mass is 10.1. The molecule has 0 aliphatic heterocycles. The predicted molar refractivity (Wildman–Crippen MR) is 124 cm³/mol. The monoisotopic (exact) mass is 430 g/mol. The summed E-state index contributed by atoms with van der Waals surface area (Å²) in [6, 6.07) is 20.6. The molecule has 2 heterocycles. The van der Waals surface area contributed by atoms with Gasteiger partial charge in [0.05, 0.1) is 17.8 Å². The van der Waals surface area contributed by atoms with Crippen LogP contribution in [0.4, 0.5) is 5.69 Å². The Hall–Kier alpha value is -3.61. The second-order valence-electron chi connectivity index (χ2n) is 7.30. The van der Waals surface area contributed by atoms with Gasteiger partial charge in [-0.1, -0.05) is 17.7 Å². The molecule has 0 atom stereocenters. The second-order valence-corrected chi connectivity index (χ2v) is 7.74. The van der Waals surface area contributed by atoms with Gasteiger partial charge in [-0.2, -0.15) is 5.10 Å². The molecule has 0 fully saturated rings. The summed E-state index contributed by atoms with van der Waals surface area (Å²) in [4.78, 5) is 12.6. The Bertz CT molecular complexity index is 1400. The van der Waals surface area contributed by atoms with E-state index in [1.807, 2.05) is 47.2 Å². The van der Waals surface area contributed by atoms with Crippen LogP contribution >= 0.6 is 11.6 Å². The van der Waals surface area contributed by atoms with E-state index in [0.717, 1.165) is 33.1 Å². The number of carbonyl (C=O) groups is 1. The zero-order valence-electron chi connectivity index (χ0n) is 16.5. The standard InChI is InChI=1S/C24H19ClN4O2/c25-18-4-1-15(2-5-18)24(31)26-19-6-7-21-20(14-19)23(28-27-21)17-3-8-22-16(13-17)9-10-29(22)11-12-30/h1-10,13-14,30H,11-12H2,(H,26,31)(H,27,28). The lowest BCUT2D eigenvalue weighted by Gasteiger charge is -2.07. The Labute approximate surface area is 183 Å². The van der Waals surface area contributed by atoms with Gasteiger partial charge in [0.15, 0.2) is 0 Å². The third-order valence-electron chi connectivity index (χ3n) is 5.31. The summed E-state index contributed by atoms with van der Waals surface area (Å²) >= 11 is 5.90. The van der Waals surface area contributed by atoms with Gasteiger partial charge in [0, 0.05) is 50.9 Å². The highest BCUT2D eigenvalue weighted by molar-refractivity contribution is 6.30. The van der Waals surface area contributed by atoms with E-state index in [1.54, 1.807) is 24.3 Å². The number of aromatic amines is 1. The molecule has 0 bridgehead atoms. The molecule has 5 aromatic rings. The van der Waals surface area contributed by atoms with Crippen LogP contribution in [0.3, 0.4) is 0 Å². The molecular formula is C24H19ClN4O2. The van der Waals surface area contributed by atoms with Crippen molar-refractivity contribution in [3.05, 3.63) is 83.5 Å². The number of H-pyrrole nitrogens is 1. The number of aromatic nitrogens is 3. The highest BCUT2D eigenvalue weighted by Crippen LogP contribution is 2.31. The van der Waals surface area contributed by atoms with E-state index < -0.39 is 0 Å². The first-order valence-corrected chi connectivity index (χ1v) is 10.3. The van der Waals surface area contributed by atoms with Gasteiger partial charge in [0.25, 0.3) is 5.91 Å². The number of benzene rings is 3. The Morgan fingerprint density at radius 3 is 2.71 bits per heavy atom. The highest BCUT2D eigenvalue weighted by Gasteiger charge is 2.12. The van der Waals surface area contributed by atoms with Gasteiger partial charge in [0.2, 0.25) is 0 Å². The maximum Gasteiger partial charge on any atom is 0.255 e. The minimum Gasteiger partial charge on any atom is -0.395 e. The van der Waals surface area contributed by atoms with Crippen molar-refractivity contribution in [1.82, 2.24) is 14.8 Å². The number of halogens is 1. The number of nitrogens with zero attached hydrogens (tertiary/aromatic N) is 2. The number of hydrogen-bond donors (Lipinski definition) is 3. The SMILES string of the molecule is O=C(Nc1ccc2[nH]nc(-c3ccc4c(ccn4CCO)c3)c2c1)c1ccc(Cl)cc1. The van der Waals surface area contributed by atoms with E-state index in [1.165, 1.54) is 0 Å². The van der Waals surface area contributed by atoms with Crippen LogP contribution in [0.25, 0.3) is 33.1 Å². The van der Waals surface area contributed by atoms with Gasteiger partial charge >= 0.3 is 0 Å². The van der Waals surface area contributed by atoms with Crippen LogP contribution in [-0.2, 0) is 6.54 Å². The number of nitrogens with one attached hydrogen (secondary N) is 2. The summed E-state index contributed by atoms with van der Waals surface area (Å²) in [5, 5.41) is 22.3. The fourth-order valence-electron chi connectivity index (χ4n) is 3.77. The fourth-order valence-corrected chi connectivity index (χ4v) is 3.89. The summed E-state index contributed by atoms with van der Waals surface area (Å²) in [5.74, 6) is -0.201. The molecule has 0 spiro atoms. The maximum absolute atomic E-state index is 12.6. The summed E-state index contributed by atoms with van der Waals surface area (Å²) < 4.78 is 2.02. The number of amides is 1. The van der Waals surface area contributed by atoms with Crippen molar-refractivity contribution < 1.29 is 9.90 Å². The Morgan fingerprint density at radius 2 is 1.90 bits per heavy atom. The highest BCUT2D eigenvalue weighted by atomic mass is 35.5.